The molecule has 3 aromatic rings. The molecular formula is C18H17ClFN5O2. The van der Waals surface area contributed by atoms with Crippen LogP contribution in [0.2, 0.25) is 5.02 Å². The summed E-state index contributed by atoms with van der Waals surface area (Å²) in [5, 5.41) is 14.3. The van der Waals surface area contributed by atoms with E-state index in [1.54, 1.807) is 30.3 Å². The van der Waals surface area contributed by atoms with E-state index in [9.17, 15) is 4.39 Å². The Morgan fingerprint density at radius 1 is 1.11 bits per heavy atom. The van der Waals surface area contributed by atoms with Gasteiger partial charge in [0.15, 0.2) is 5.82 Å². The van der Waals surface area contributed by atoms with Crippen molar-refractivity contribution in [2.45, 2.75) is 6.54 Å². The molecule has 0 spiro atoms. The van der Waals surface area contributed by atoms with E-state index in [1.807, 2.05) is 0 Å². The van der Waals surface area contributed by atoms with Crippen molar-refractivity contribution in [3.63, 3.8) is 0 Å². The van der Waals surface area contributed by atoms with Crippen LogP contribution in [0, 0.1) is 5.82 Å². The predicted octanol–water partition coefficient (Wildman–Crippen LogP) is 4.04. The van der Waals surface area contributed by atoms with Crippen LogP contribution in [-0.4, -0.2) is 29.4 Å². The Labute approximate surface area is 160 Å². The molecule has 9 heteroatoms. The van der Waals surface area contributed by atoms with Crippen LogP contribution in [0.25, 0.3) is 0 Å². The molecule has 0 amide bonds. The molecule has 0 saturated heterocycles. The van der Waals surface area contributed by atoms with Gasteiger partial charge in [-0.3, -0.25) is 0 Å². The highest BCUT2D eigenvalue weighted by molar-refractivity contribution is 6.32. The molecular weight excluding hydrogens is 373 g/mol. The standard InChI is InChI=1S/C18H17ClFN5O2/c1-26-15-8-14(16(27-2)7-12(15)19)23-17-10-22-25-18(24-17)21-9-11-5-3-4-6-13(11)20/h3-8,10H,9H2,1-2H3,(H2,21,23,24,25). The lowest BCUT2D eigenvalue weighted by Gasteiger charge is -2.13. The topological polar surface area (TPSA) is 81.2 Å². The lowest BCUT2D eigenvalue weighted by Crippen LogP contribution is -2.07. The molecule has 0 unspecified atom stereocenters. The number of anilines is 3. The fourth-order valence-electron chi connectivity index (χ4n) is 2.35. The van der Waals surface area contributed by atoms with E-state index in [2.05, 4.69) is 25.8 Å². The smallest absolute Gasteiger partial charge is 0.244 e. The predicted molar refractivity (Wildman–Crippen MR) is 101 cm³/mol. The van der Waals surface area contributed by atoms with Crippen LogP contribution in [0.4, 0.5) is 21.8 Å². The second-order valence-corrected chi connectivity index (χ2v) is 5.83. The molecule has 0 atom stereocenters. The average Bonchev–Trinajstić information content (AvgIpc) is 2.68. The summed E-state index contributed by atoms with van der Waals surface area (Å²) in [5.41, 5.74) is 1.10. The van der Waals surface area contributed by atoms with E-state index in [0.717, 1.165) is 0 Å². The lowest BCUT2D eigenvalue weighted by molar-refractivity contribution is 0.405. The number of ether oxygens (including phenoxy) is 2. The van der Waals surface area contributed by atoms with Crippen molar-refractivity contribution < 1.29 is 13.9 Å². The van der Waals surface area contributed by atoms with Crippen LogP contribution < -0.4 is 20.1 Å². The number of hydrogen-bond donors (Lipinski definition) is 2. The number of aromatic nitrogens is 3. The second-order valence-electron chi connectivity index (χ2n) is 5.42. The Balaban J connectivity index is 1.77. The molecule has 2 aromatic carbocycles. The molecule has 0 aliphatic rings. The third-order valence-electron chi connectivity index (χ3n) is 3.69. The van der Waals surface area contributed by atoms with Gasteiger partial charge in [0, 0.05) is 24.2 Å². The van der Waals surface area contributed by atoms with Crippen LogP contribution in [0.5, 0.6) is 11.5 Å². The van der Waals surface area contributed by atoms with Crippen molar-refractivity contribution in [1.29, 1.82) is 0 Å². The van der Waals surface area contributed by atoms with E-state index < -0.39 is 0 Å². The Morgan fingerprint density at radius 3 is 2.63 bits per heavy atom. The van der Waals surface area contributed by atoms with Gasteiger partial charge in [0.05, 0.1) is 31.1 Å². The van der Waals surface area contributed by atoms with Gasteiger partial charge in [-0.15, -0.1) is 5.10 Å². The third-order valence-corrected chi connectivity index (χ3v) is 3.99. The SMILES string of the molecule is COc1cc(Nc2cnnc(NCc3ccccc3F)n2)c(OC)cc1Cl. The molecule has 27 heavy (non-hydrogen) atoms. The average molecular weight is 390 g/mol. The van der Waals surface area contributed by atoms with Gasteiger partial charge >= 0.3 is 0 Å². The van der Waals surface area contributed by atoms with Crippen molar-refractivity contribution in [2.75, 3.05) is 24.9 Å². The Bertz CT molecular complexity index is 941. The number of methoxy groups -OCH3 is 2. The van der Waals surface area contributed by atoms with E-state index in [-0.39, 0.29) is 18.3 Å². The number of halogens is 2. The summed E-state index contributed by atoms with van der Waals surface area (Å²) in [6.07, 6.45) is 1.45. The van der Waals surface area contributed by atoms with Gasteiger partial charge in [0.2, 0.25) is 5.95 Å². The normalized spacial score (nSPS) is 10.4. The minimum atomic E-state index is -0.301. The first-order valence-electron chi connectivity index (χ1n) is 7.96. The van der Waals surface area contributed by atoms with Crippen molar-refractivity contribution in [3.05, 3.63) is 59.0 Å². The Hall–Kier alpha value is -3.13. The molecule has 7 nitrogen and oxygen atoms in total. The molecule has 3 rings (SSSR count). The molecule has 0 radical (unpaired) electrons. The molecule has 140 valence electrons. The quantitative estimate of drug-likeness (QED) is 0.631. The monoisotopic (exact) mass is 389 g/mol. The van der Waals surface area contributed by atoms with Gasteiger partial charge < -0.3 is 20.1 Å². The van der Waals surface area contributed by atoms with Gasteiger partial charge in [0.25, 0.3) is 0 Å². The summed E-state index contributed by atoms with van der Waals surface area (Å²) in [7, 11) is 3.05. The van der Waals surface area contributed by atoms with Crippen LogP contribution in [0.15, 0.2) is 42.6 Å². The zero-order valence-corrected chi connectivity index (χ0v) is 15.4. The van der Waals surface area contributed by atoms with Crippen molar-refractivity contribution in [1.82, 2.24) is 15.2 Å². The van der Waals surface area contributed by atoms with E-state index in [1.165, 1.54) is 26.5 Å². The fourth-order valence-corrected chi connectivity index (χ4v) is 2.58. The highest BCUT2D eigenvalue weighted by atomic mass is 35.5. The summed E-state index contributed by atoms with van der Waals surface area (Å²) in [6, 6.07) is 9.80. The maximum absolute atomic E-state index is 13.7. The van der Waals surface area contributed by atoms with Crippen molar-refractivity contribution in [2.24, 2.45) is 0 Å². The van der Waals surface area contributed by atoms with Crippen LogP contribution in [0.1, 0.15) is 5.56 Å². The first-order chi connectivity index (χ1) is 13.1. The Morgan fingerprint density at radius 2 is 1.89 bits per heavy atom. The van der Waals surface area contributed by atoms with E-state index in [0.29, 0.717) is 33.6 Å². The first kappa shape index (κ1) is 18.7. The van der Waals surface area contributed by atoms with Crippen molar-refractivity contribution >= 4 is 29.1 Å². The number of nitrogens with zero attached hydrogens (tertiary/aromatic N) is 3. The molecule has 2 N–H and O–H groups in total. The molecule has 0 aliphatic carbocycles. The van der Waals surface area contributed by atoms with Crippen LogP contribution >= 0.6 is 11.6 Å². The molecule has 0 saturated carbocycles. The third kappa shape index (κ3) is 4.53. The minimum absolute atomic E-state index is 0.232. The summed E-state index contributed by atoms with van der Waals surface area (Å²) in [6.45, 7) is 0.232. The molecule has 0 bridgehead atoms. The highest BCUT2D eigenvalue weighted by Crippen LogP contribution is 2.37. The zero-order chi connectivity index (χ0) is 19.2. The van der Waals surface area contributed by atoms with Gasteiger partial charge in [-0.05, 0) is 6.07 Å². The van der Waals surface area contributed by atoms with Gasteiger partial charge in [-0.1, -0.05) is 29.8 Å². The fraction of sp³-hybridized carbons (Fsp3) is 0.167. The van der Waals surface area contributed by atoms with Gasteiger partial charge in [-0.2, -0.15) is 10.1 Å². The summed E-state index contributed by atoms with van der Waals surface area (Å²) in [4.78, 5) is 4.32. The minimum Gasteiger partial charge on any atom is -0.495 e. The number of rotatable bonds is 7. The van der Waals surface area contributed by atoms with Crippen LogP contribution in [0.3, 0.4) is 0 Å². The van der Waals surface area contributed by atoms with Crippen molar-refractivity contribution in [3.8, 4) is 11.5 Å². The van der Waals surface area contributed by atoms with E-state index in [4.69, 9.17) is 21.1 Å². The molecule has 0 fully saturated rings. The largest absolute Gasteiger partial charge is 0.495 e. The zero-order valence-electron chi connectivity index (χ0n) is 14.7. The van der Waals surface area contributed by atoms with Crippen LogP contribution in [-0.2, 0) is 6.54 Å². The van der Waals surface area contributed by atoms with Gasteiger partial charge in [0.1, 0.15) is 17.3 Å². The Kier molecular flexibility index (Phi) is 5.87. The summed E-state index contributed by atoms with van der Waals surface area (Å²) < 4.78 is 24.2. The first-order valence-corrected chi connectivity index (χ1v) is 8.34. The molecule has 1 heterocycles. The number of benzene rings is 2. The molecule has 0 aliphatic heterocycles. The lowest BCUT2D eigenvalue weighted by atomic mass is 10.2. The summed E-state index contributed by atoms with van der Waals surface area (Å²) >= 11 is 6.11. The highest BCUT2D eigenvalue weighted by Gasteiger charge is 2.11. The van der Waals surface area contributed by atoms with E-state index >= 15 is 0 Å². The number of nitrogens with one attached hydrogen (secondary N) is 2. The summed E-state index contributed by atoms with van der Waals surface area (Å²) in [5.74, 6) is 1.37. The van der Waals surface area contributed by atoms with Gasteiger partial charge in [-0.25, -0.2) is 4.39 Å². The molecule has 1 aromatic heterocycles. The second kappa shape index (κ2) is 8.50. The number of hydrogen-bond acceptors (Lipinski definition) is 7. The maximum atomic E-state index is 13.7. The maximum Gasteiger partial charge on any atom is 0.244 e.